The van der Waals surface area contributed by atoms with Crippen LogP contribution in [0.1, 0.15) is 50.3 Å². The standard InChI is InChI=1S/C24H22ClF4N3O2/c1-23(2,14-4-3-5-15(10-14)24(27,28)29)12-18(33)13-31-22(34)32(17-7-8-17)21(30-31)19-9-6-16(25)11-20(19)26/h3-6,9-11,17H,7-8,12-13H2,1-2H3. The second kappa shape index (κ2) is 8.69. The molecular weight excluding hydrogens is 474 g/mol. The Morgan fingerprint density at radius 3 is 2.41 bits per heavy atom. The van der Waals surface area contributed by atoms with Crippen molar-refractivity contribution in [3.63, 3.8) is 0 Å². The molecule has 0 atom stereocenters. The lowest BCUT2D eigenvalue weighted by molar-refractivity contribution is -0.137. The molecule has 1 fully saturated rings. The summed E-state index contributed by atoms with van der Waals surface area (Å²) in [4.78, 5) is 25.9. The van der Waals surface area contributed by atoms with Gasteiger partial charge in [-0.25, -0.2) is 13.9 Å². The topological polar surface area (TPSA) is 56.9 Å². The Hall–Kier alpha value is -2.94. The summed E-state index contributed by atoms with van der Waals surface area (Å²) in [5, 5.41) is 4.44. The van der Waals surface area contributed by atoms with Crippen molar-refractivity contribution in [2.75, 3.05) is 0 Å². The number of rotatable bonds is 7. The fourth-order valence-electron chi connectivity index (χ4n) is 3.97. The summed E-state index contributed by atoms with van der Waals surface area (Å²) in [5.41, 5.74) is -1.78. The first-order valence-corrected chi connectivity index (χ1v) is 11.1. The van der Waals surface area contributed by atoms with Crippen LogP contribution >= 0.6 is 11.6 Å². The van der Waals surface area contributed by atoms with Gasteiger partial charge in [0, 0.05) is 17.5 Å². The zero-order valence-electron chi connectivity index (χ0n) is 18.5. The molecule has 0 amide bonds. The van der Waals surface area contributed by atoms with Crippen LogP contribution in [0, 0.1) is 5.82 Å². The summed E-state index contributed by atoms with van der Waals surface area (Å²) >= 11 is 5.83. The van der Waals surface area contributed by atoms with Crippen LogP contribution in [0.4, 0.5) is 17.6 Å². The predicted octanol–water partition coefficient (Wildman–Crippen LogP) is 5.80. The number of aromatic nitrogens is 3. The van der Waals surface area contributed by atoms with Crippen LogP contribution in [-0.4, -0.2) is 20.1 Å². The Kier molecular flexibility index (Phi) is 6.18. The van der Waals surface area contributed by atoms with E-state index in [-0.39, 0.29) is 41.2 Å². The summed E-state index contributed by atoms with van der Waals surface area (Å²) in [6.07, 6.45) is -3.12. The summed E-state index contributed by atoms with van der Waals surface area (Å²) < 4.78 is 56.2. The van der Waals surface area contributed by atoms with E-state index in [1.807, 2.05) is 0 Å². The van der Waals surface area contributed by atoms with Gasteiger partial charge in [-0.3, -0.25) is 9.36 Å². The minimum Gasteiger partial charge on any atom is -0.298 e. The lowest BCUT2D eigenvalue weighted by Crippen LogP contribution is -2.30. The molecule has 0 N–H and O–H groups in total. The molecule has 1 aromatic heterocycles. The molecule has 0 spiro atoms. The molecule has 1 aliphatic rings. The van der Waals surface area contributed by atoms with Crippen LogP contribution in [0.5, 0.6) is 0 Å². The number of ketones is 1. The van der Waals surface area contributed by atoms with Gasteiger partial charge in [0.25, 0.3) is 0 Å². The third-order valence-electron chi connectivity index (χ3n) is 5.89. The van der Waals surface area contributed by atoms with Crippen molar-refractivity contribution in [3.05, 3.63) is 74.9 Å². The number of benzene rings is 2. The highest BCUT2D eigenvalue weighted by Gasteiger charge is 2.34. The molecule has 5 nitrogen and oxygen atoms in total. The lowest BCUT2D eigenvalue weighted by Gasteiger charge is -2.25. The van der Waals surface area contributed by atoms with E-state index in [1.165, 1.54) is 28.8 Å². The summed E-state index contributed by atoms with van der Waals surface area (Å²) in [5.74, 6) is -0.900. The van der Waals surface area contributed by atoms with Crippen molar-refractivity contribution >= 4 is 17.4 Å². The zero-order chi connectivity index (χ0) is 24.8. The smallest absolute Gasteiger partial charge is 0.298 e. The quantitative estimate of drug-likeness (QED) is 0.389. The van der Waals surface area contributed by atoms with Crippen molar-refractivity contribution < 1.29 is 22.4 Å². The van der Waals surface area contributed by atoms with Crippen molar-refractivity contribution in [3.8, 4) is 11.4 Å². The minimum atomic E-state index is -4.49. The Morgan fingerprint density at radius 1 is 1.12 bits per heavy atom. The molecule has 4 rings (SSSR count). The zero-order valence-corrected chi connectivity index (χ0v) is 19.3. The van der Waals surface area contributed by atoms with E-state index in [4.69, 9.17) is 11.6 Å². The summed E-state index contributed by atoms with van der Waals surface area (Å²) in [6, 6.07) is 8.77. The highest BCUT2D eigenvalue weighted by Crippen LogP contribution is 2.37. The molecule has 0 aliphatic heterocycles. The molecule has 0 unspecified atom stereocenters. The van der Waals surface area contributed by atoms with Crippen molar-refractivity contribution in [2.45, 2.75) is 57.3 Å². The molecule has 1 aliphatic carbocycles. The fraction of sp³-hybridized carbons (Fsp3) is 0.375. The summed E-state index contributed by atoms with van der Waals surface area (Å²) in [7, 11) is 0. The molecule has 34 heavy (non-hydrogen) atoms. The van der Waals surface area contributed by atoms with Gasteiger partial charge in [0.05, 0.1) is 11.1 Å². The van der Waals surface area contributed by atoms with Gasteiger partial charge in [-0.2, -0.15) is 13.2 Å². The Labute approximate surface area is 198 Å². The maximum absolute atomic E-state index is 14.5. The number of alkyl halides is 3. The number of nitrogens with zero attached hydrogens (tertiary/aromatic N) is 3. The number of carbonyl (C=O) groups excluding carboxylic acids is 1. The SMILES string of the molecule is CC(C)(CC(=O)Cn1nc(-c2ccc(Cl)cc2F)n(C2CC2)c1=O)c1cccc(C(F)(F)F)c1. The third-order valence-corrected chi connectivity index (χ3v) is 6.13. The number of carbonyl (C=O) groups is 1. The molecule has 1 heterocycles. The average molecular weight is 496 g/mol. The van der Waals surface area contributed by atoms with Crippen molar-refractivity contribution in [2.24, 2.45) is 0 Å². The van der Waals surface area contributed by atoms with Crippen LogP contribution in [0.2, 0.25) is 5.02 Å². The first kappa shape index (κ1) is 24.2. The van der Waals surface area contributed by atoms with Gasteiger partial charge in [-0.05, 0) is 48.1 Å². The third kappa shape index (κ3) is 4.94. The highest BCUT2D eigenvalue weighted by molar-refractivity contribution is 6.30. The normalized spacial score (nSPS) is 14.4. The van der Waals surface area contributed by atoms with Gasteiger partial charge in [0.1, 0.15) is 12.4 Å². The number of hydrogen-bond acceptors (Lipinski definition) is 3. The monoisotopic (exact) mass is 495 g/mol. The van der Waals surface area contributed by atoms with Gasteiger partial charge in [-0.1, -0.05) is 43.6 Å². The van der Waals surface area contributed by atoms with E-state index in [9.17, 15) is 27.2 Å². The average Bonchev–Trinajstić information content (AvgIpc) is 3.52. The van der Waals surface area contributed by atoms with E-state index >= 15 is 0 Å². The fourth-order valence-corrected chi connectivity index (χ4v) is 4.13. The van der Waals surface area contributed by atoms with Gasteiger partial charge in [0.15, 0.2) is 11.6 Å². The molecule has 3 aromatic rings. The van der Waals surface area contributed by atoms with E-state index < -0.39 is 28.7 Å². The number of halogens is 5. The molecule has 180 valence electrons. The van der Waals surface area contributed by atoms with Crippen LogP contribution in [-0.2, 0) is 22.9 Å². The van der Waals surface area contributed by atoms with E-state index in [1.54, 1.807) is 13.8 Å². The highest BCUT2D eigenvalue weighted by atomic mass is 35.5. The van der Waals surface area contributed by atoms with Crippen molar-refractivity contribution in [1.29, 1.82) is 0 Å². The van der Waals surface area contributed by atoms with Crippen molar-refractivity contribution in [1.82, 2.24) is 14.3 Å². The molecule has 10 heteroatoms. The van der Waals surface area contributed by atoms with Crippen LogP contribution < -0.4 is 5.69 Å². The van der Waals surface area contributed by atoms with Gasteiger partial charge in [-0.15, -0.1) is 5.10 Å². The van der Waals surface area contributed by atoms with Crippen LogP contribution in [0.3, 0.4) is 0 Å². The molecule has 1 saturated carbocycles. The molecule has 0 saturated heterocycles. The van der Waals surface area contributed by atoms with E-state index in [0.717, 1.165) is 35.7 Å². The Balaban J connectivity index is 1.60. The van der Waals surface area contributed by atoms with Crippen LogP contribution in [0.25, 0.3) is 11.4 Å². The maximum Gasteiger partial charge on any atom is 0.416 e. The largest absolute Gasteiger partial charge is 0.416 e. The molecule has 2 aromatic carbocycles. The van der Waals surface area contributed by atoms with E-state index in [2.05, 4.69) is 5.10 Å². The molecular formula is C24H22ClF4N3O2. The molecule has 0 radical (unpaired) electrons. The maximum atomic E-state index is 14.5. The number of Topliss-reactive ketones (excluding diaryl/α,β-unsaturated/α-hetero) is 1. The van der Waals surface area contributed by atoms with Gasteiger partial charge < -0.3 is 0 Å². The molecule has 0 bridgehead atoms. The summed E-state index contributed by atoms with van der Waals surface area (Å²) in [6.45, 7) is 2.96. The number of hydrogen-bond donors (Lipinski definition) is 0. The lowest BCUT2D eigenvalue weighted by atomic mass is 9.79. The van der Waals surface area contributed by atoms with Gasteiger partial charge >= 0.3 is 11.9 Å². The van der Waals surface area contributed by atoms with E-state index in [0.29, 0.717) is 5.56 Å². The Morgan fingerprint density at radius 2 is 1.79 bits per heavy atom. The minimum absolute atomic E-state index is 0.101. The second-order valence-electron chi connectivity index (χ2n) is 9.17. The first-order valence-electron chi connectivity index (χ1n) is 10.7. The predicted molar refractivity (Wildman–Crippen MR) is 119 cm³/mol. The second-order valence-corrected chi connectivity index (χ2v) is 9.60. The van der Waals surface area contributed by atoms with Gasteiger partial charge in [0.2, 0.25) is 0 Å². The Bertz CT molecular complexity index is 1310. The van der Waals surface area contributed by atoms with Crippen LogP contribution in [0.15, 0.2) is 47.3 Å². The first-order chi connectivity index (χ1) is 15.9.